The number of nitrogens with one attached hydrogen (secondary N) is 2. The van der Waals surface area contributed by atoms with Crippen LogP contribution < -0.4 is 10.6 Å². The lowest BCUT2D eigenvalue weighted by Crippen LogP contribution is -2.54. The normalized spacial score (nSPS) is 19.0. The Kier molecular flexibility index (Phi) is 9.93. The first-order chi connectivity index (χ1) is 20.3. The van der Waals surface area contributed by atoms with E-state index in [0.29, 0.717) is 12.8 Å². The highest BCUT2D eigenvalue weighted by Crippen LogP contribution is 2.32. The molecule has 3 aromatic rings. The van der Waals surface area contributed by atoms with Crippen LogP contribution in [0.5, 0.6) is 0 Å². The van der Waals surface area contributed by atoms with Gasteiger partial charge in [0.1, 0.15) is 11.8 Å². The predicted molar refractivity (Wildman–Crippen MR) is 150 cm³/mol. The van der Waals surface area contributed by atoms with E-state index in [1.807, 2.05) is 13.8 Å². The van der Waals surface area contributed by atoms with Crippen molar-refractivity contribution in [1.29, 1.82) is 0 Å². The monoisotopic (exact) mass is 622 g/mol. The van der Waals surface area contributed by atoms with Crippen molar-refractivity contribution in [3.8, 4) is 11.3 Å². The number of hydrogen-bond donors (Lipinski definition) is 3. The first-order valence-electron chi connectivity index (χ1n) is 13.7. The van der Waals surface area contributed by atoms with E-state index in [4.69, 9.17) is 4.42 Å². The Morgan fingerprint density at radius 2 is 1.91 bits per heavy atom. The van der Waals surface area contributed by atoms with Gasteiger partial charge in [0, 0.05) is 24.8 Å². The lowest BCUT2D eigenvalue weighted by atomic mass is 10.0. The van der Waals surface area contributed by atoms with Crippen LogP contribution in [0.1, 0.15) is 49.2 Å². The molecule has 4 rings (SSSR count). The Hall–Kier alpha value is -3.75. The first kappa shape index (κ1) is 32.2. The maximum absolute atomic E-state index is 13.3. The fraction of sp³-hybridized carbons (Fsp3) is 0.414. The average Bonchev–Trinajstić information content (AvgIpc) is 3.38. The van der Waals surface area contributed by atoms with Crippen LogP contribution in [0.3, 0.4) is 0 Å². The van der Waals surface area contributed by atoms with E-state index in [-0.39, 0.29) is 47.5 Å². The molecule has 2 unspecified atom stereocenters. The molecule has 1 aromatic carbocycles. The molecule has 14 heteroatoms. The van der Waals surface area contributed by atoms with Crippen molar-refractivity contribution in [2.24, 2.45) is 5.92 Å². The van der Waals surface area contributed by atoms with E-state index in [0.717, 1.165) is 16.4 Å². The molecule has 2 aromatic heterocycles. The lowest BCUT2D eigenvalue weighted by Gasteiger charge is -2.27. The zero-order valence-corrected chi connectivity index (χ0v) is 24.4. The van der Waals surface area contributed by atoms with Crippen LogP contribution in [0.15, 0.2) is 70.2 Å². The quantitative estimate of drug-likeness (QED) is 0.329. The van der Waals surface area contributed by atoms with Gasteiger partial charge in [-0.2, -0.15) is 17.5 Å². The topological polar surface area (TPSA) is 142 Å². The number of amides is 2. The van der Waals surface area contributed by atoms with Gasteiger partial charge >= 0.3 is 6.18 Å². The molecule has 3 atom stereocenters. The van der Waals surface area contributed by atoms with Gasteiger partial charge in [0.15, 0.2) is 10.8 Å². The number of sulfonamides is 1. The molecule has 0 radical (unpaired) electrons. The number of nitrogens with zero attached hydrogens (tertiary/aromatic N) is 2. The van der Waals surface area contributed by atoms with Crippen LogP contribution in [-0.2, 0) is 21.0 Å². The number of aliphatic hydroxyl groups excluding tert-OH is 1. The van der Waals surface area contributed by atoms with E-state index >= 15 is 0 Å². The van der Waals surface area contributed by atoms with Crippen molar-refractivity contribution in [2.75, 3.05) is 13.1 Å². The summed E-state index contributed by atoms with van der Waals surface area (Å²) in [5.41, 5.74) is -0.731. The zero-order chi connectivity index (χ0) is 31.4. The van der Waals surface area contributed by atoms with Gasteiger partial charge in [-0.25, -0.2) is 13.4 Å². The predicted octanol–water partition coefficient (Wildman–Crippen LogP) is 3.84. The van der Waals surface area contributed by atoms with Crippen molar-refractivity contribution < 1.29 is 40.7 Å². The molecular formula is C29H33F3N4O6S. The molecule has 10 nitrogen and oxygen atoms in total. The van der Waals surface area contributed by atoms with Crippen LogP contribution in [0.25, 0.3) is 11.3 Å². The van der Waals surface area contributed by atoms with Crippen molar-refractivity contribution in [3.63, 3.8) is 0 Å². The van der Waals surface area contributed by atoms with Crippen LogP contribution in [0.4, 0.5) is 13.2 Å². The Balaban J connectivity index is 1.43. The standard InChI is InChI=1S/C29H33F3N4O6S/c1-18(2)15-22(35-28(39)25-12-11-24(42-25)19-7-5-8-20(16-19)29(30,31)32)27(38)34-21-9-6-14-36(17-23(21)37)43(40,41)26-10-3-4-13-33-26/h3-5,7-8,10-13,16,18,21-23,37H,6,9,14-15,17H2,1-2H3,(H,34,38)(H,35,39)/t21?,22-,23?/m0/s1. The van der Waals surface area contributed by atoms with E-state index in [2.05, 4.69) is 15.6 Å². The number of rotatable bonds is 9. The number of hydrogen-bond acceptors (Lipinski definition) is 7. The second kappa shape index (κ2) is 13.3. The highest BCUT2D eigenvalue weighted by Gasteiger charge is 2.35. The molecule has 2 amide bonds. The van der Waals surface area contributed by atoms with E-state index in [1.165, 1.54) is 36.5 Å². The minimum absolute atomic E-state index is 0.0219. The molecule has 0 saturated carbocycles. The van der Waals surface area contributed by atoms with Gasteiger partial charge in [-0.3, -0.25) is 9.59 Å². The minimum atomic E-state index is -4.54. The summed E-state index contributed by atoms with van der Waals surface area (Å²) in [6.07, 6.45) is -3.51. The third-order valence-electron chi connectivity index (χ3n) is 6.98. The molecule has 43 heavy (non-hydrogen) atoms. The Labute approximate surface area is 247 Å². The number of carbonyl (C=O) groups is 2. The molecule has 1 aliphatic heterocycles. The van der Waals surface area contributed by atoms with Gasteiger partial charge in [-0.05, 0) is 61.6 Å². The summed E-state index contributed by atoms with van der Waals surface area (Å²) >= 11 is 0. The number of aromatic nitrogens is 1. The van der Waals surface area contributed by atoms with Gasteiger partial charge in [0.05, 0.1) is 17.7 Å². The molecule has 1 saturated heterocycles. The van der Waals surface area contributed by atoms with Crippen LogP contribution in [0, 0.1) is 5.92 Å². The van der Waals surface area contributed by atoms with E-state index in [1.54, 1.807) is 12.1 Å². The van der Waals surface area contributed by atoms with Crippen molar-refractivity contribution in [2.45, 2.75) is 62.5 Å². The van der Waals surface area contributed by atoms with Crippen molar-refractivity contribution in [1.82, 2.24) is 19.9 Å². The SMILES string of the molecule is CC(C)C[C@H](NC(=O)c1ccc(-c2cccc(C(F)(F)F)c2)o1)C(=O)NC1CCCN(S(=O)(=O)c2ccccn2)CC1O. The van der Waals surface area contributed by atoms with Gasteiger partial charge in [0.25, 0.3) is 15.9 Å². The summed E-state index contributed by atoms with van der Waals surface area (Å²) in [5.74, 6) is -1.48. The molecule has 3 N–H and O–H groups in total. The maximum Gasteiger partial charge on any atom is 0.416 e. The number of carbonyl (C=O) groups excluding carboxylic acids is 2. The minimum Gasteiger partial charge on any atom is -0.451 e. The second-order valence-electron chi connectivity index (χ2n) is 10.8. The third kappa shape index (κ3) is 8.00. The Bertz CT molecular complexity index is 1530. The molecule has 3 heterocycles. The van der Waals surface area contributed by atoms with Gasteiger partial charge in [0.2, 0.25) is 5.91 Å². The Morgan fingerprint density at radius 1 is 1.14 bits per heavy atom. The third-order valence-corrected chi connectivity index (χ3v) is 8.76. The number of halogens is 3. The number of alkyl halides is 3. The number of β-amino-alcohol motifs (C(OH)–C–C–N with tert-alkyl or cyclic N) is 1. The smallest absolute Gasteiger partial charge is 0.416 e. The highest BCUT2D eigenvalue weighted by atomic mass is 32.2. The summed E-state index contributed by atoms with van der Waals surface area (Å²) < 4.78 is 72.0. The zero-order valence-electron chi connectivity index (χ0n) is 23.5. The summed E-state index contributed by atoms with van der Waals surface area (Å²) in [7, 11) is -3.95. The van der Waals surface area contributed by atoms with Gasteiger partial charge in [-0.1, -0.05) is 32.0 Å². The average molecular weight is 623 g/mol. The molecule has 0 spiro atoms. The fourth-order valence-electron chi connectivity index (χ4n) is 4.81. The lowest BCUT2D eigenvalue weighted by molar-refractivity contribution is -0.137. The fourth-order valence-corrected chi connectivity index (χ4v) is 6.23. The van der Waals surface area contributed by atoms with Crippen LogP contribution in [0.2, 0.25) is 0 Å². The van der Waals surface area contributed by atoms with Crippen LogP contribution in [-0.4, -0.2) is 65.9 Å². The van der Waals surface area contributed by atoms with Crippen molar-refractivity contribution in [3.05, 3.63) is 72.1 Å². The molecule has 0 aliphatic carbocycles. The summed E-state index contributed by atoms with van der Waals surface area (Å²) in [6.45, 7) is 3.58. The summed E-state index contributed by atoms with van der Waals surface area (Å²) in [4.78, 5) is 30.2. The van der Waals surface area contributed by atoms with E-state index in [9.17, 15) is 36.3 Å². The number of benzene rings is 1. The number of pyridine rings is 1. The largest absolute Gasteiger partial charge is 0.451 e. The van der Waals surface area contributed by atoms with E-state index < -0.39 is 51.8 Å². The summed E-state index contributed by atoms with van der Waals surface area (Å²) in [5, 5.41) is 16.1. The van der Waals surface area contributed by atoms with Crippen LogP contribution >= 0.6 is 0 Å². The van der Waals surface area contributed by atoms with Gasteiger partial charge < -0.3 is 20.2 Å². The Morgan fingerprint density at radius 3 is 2.58 bits per heavy atom. The molecule has 1 aliphatic rings. The molecular weight excluding hydrogens is 589 g/mol. The first-order valence-corrected chi connectivity index (χ1v) is 15.2. The van der Waals surface area contributed by atoms with Gasteiger partial charge in [-0.15, -0.1) is 0 Å². The highest BCUT2D eigenvalue weighted by molar-refractivity contribution is 7.89. The van der Waals surface area contributed by atoms with Crippen molar-refractivity contribution >= 4 is 21.8 Å². The summed E-state index contributed by atoms with van der Waals surface area (Å²) in [6, 6.07) is 9.88. The maximum atomic E-state index is 13.3. The number of aliphatic hydroxyl groups is 1. The molecule has 0 bridgehead atoms. The molecule has 232 valence electrons. The molecule has 1 fully saturated rings. The number of furan rings is 1. The second-order valence-corrected chi connectivity index (χ2v) is 12.6.